The molecule has 0 unspecified atom stereocenters. The molecule has 0 radical (unpaired) electrons. The van der Waals surface area contributed by atoms with Crippen LogP contribution in [0.4, 0.5) is 5.82 Å². The van der Waals surface area contributed by atoms with Gasteiger partial charge in [0.25, 0.3) is 5.56 Å². The third-order valence-corrected chi connectivity index (χ3v) is 5.74. The fourth-order valence-electron chi connectivity index (χ4n) is 3.62. The van der Waals surface area contributed by atoms with E-state index in [0.717, 1.165) is 36.2 Å². The molecule has 0 bridgehead atoms. The minimum Gasteiger partial charge on any atom is -0.477 e. The molecule has 144 valence electrons. The summed E-state index contributed by atoms with van der Waals surface area (Å²) >= 11 is 0. The predicted molar refractivity (Wildman–Crippen MR) is 101 cm³/mol. The highest BCUT2D eigenvalue weighted by atomic mass is 16.5. The van der Waals surface area contributed by atoms with Gasteiger partial charge in [-0.1, -0.05) is 6.42 Å². The van der Waals surface area contributed by atoms with E-state index in [1.807, 2.05) is 6.07 Å². The van der Waals surface area contributed by atoms with E-state index in [2.05, 4.69) is 19.9 Å². The molecule has 2 aromatic rings. The summed E-state index contributed by atoms with van der Waals surface area (Å²) in [4.78, 5) is 37.0. The smallest absolute Gasteiger partial charge is 0.329 e. The Morgan fingerprint density at radius 1 is 1.15 bits per heavy atom. The second-order valence-corrected chi connectivity index (χ2v) is 7.51. The van der Waals surface area contributed by atoms with Gasteiger partial charge >= 0.3 is 5.69 Å². The number of rotatable bonds is 5. The first-order chi connectivity index (χ1) is 13.1. The molecule has 4 rings (SSSR count). The van der Waals surface area contributed by atoms with Crippen molar-refractivity contribution in [3.8, 4) is 5.88 Å². The van der Waals surface area contributed by atoms with Gasteiger partial charge in [0.15, 0.2) is 0 Å². The first kappa shape index (κ1) is 17.8. The zero-order valence-corrected chi connectivity index (χ0v) is 15.6. The zero-order valence-electron chi connectivity index (χ0n) is 15.6. The molecule has 3 heterocycles. The highest BCUT2D eigenvalue weighted by molar-refractivity contribution is 5.37. The van der Waals surface area contributed by atoms with Crippen molar-refractivity contribution >= 4 is 5.82 Å². The number of nitrogens with one attached hydrogen (secondary N) is 1. The molecule has 8 nitrogen and oxygen atoms in total. The van der Waals surface area contributed by atoms with Crippen LogP contribution in [0.3, 0.4) is 0 Å². The fourth-order valence-corrected chi connectivity index (χ4v) is 3.62. The van der Waals surface area contributed by atoms with Crippen molar-refractivity contribution in [1.82, 2.24) is 19.5 Å². The quantitative estimate of drug-likeness (QED) is 0.855. The molecule has 1 saturated heterocycles. The zero-order chi connectivity index (χ0) is 18.8. The Hall–Kier alpha value is -2.64. The molecular formula is C19H25N5O3. The number of aromatic amines is 1. The van der Waals surface area contributed by atoms with Crippen molar-refractivity contribution in [3.63, 3.8) is 0 Å². The first-order valence-electron chi connectivity index (χ1n) is 9.60. The van der Waals surface area contributed by atoms with Crippen molar-refractivity contribution in [1.29, 1.82) is 0 Å². The van der Waals surface area contributed by atoms with Gasteiger partial charge in [0.1, 0.15) is 12.1 Å². The van der Waals surface area contributed by atoms with Gasteiger partial charge in [0.05, 0.1) is 12.3 Å². The second kappa shape index (κ2) is 7.54. The van der Waals surface area contributed by atoms with Gasteiger partial charge in [-0.2, -0.15) is 0 Å². The molecule has 2 aromatic heterocycles. The molecule has 2 aliphatic rings. The van der Waals surface area contributed by atoms with Crippen LogP contribution in [0.25, 0.3) is 0 Å². The Labute approximate surface area is 157 Å². The lowest BCUT2D eigenvalue weighted by Crippen LogP contribution is -2.40. The van der Waals surface area contributed by atoms with Gasteiger partial charge in [0.2, 0.25) is 5.88 Å². The topological polar surface area (TPSA) is 93.1 Å². The van der Waals surface area contributed by atoms with Gasteiger partial charge < -0.3 is 9.64 Å². The number of nitrogens with zero attached hydrogens (tertiary/aromatic N) is 4. The SMILES string of the molecule is Cn1c(=O)cc(N2CCC(COc3cc(C4CCC4)ncn3)CC2)[nH]c1=O. The van der Waals surface area contributed by atoms with Gasteiger partial charge in [-0.05, 0) is 31.6 Å². The molecule has 2 fully saturated rings. The second-order valence-electron chi connectivity index (χ2n) is 7.51. The van der Waals surface area contributed by atoms with Crippen LogP contribution in [-0.2, 0) is 7.05 Å². The van der Waals surface area contributed by atoms with Crippen LogP contribution in [0.2, 0.25) is 0 Å². The molecule has 0 amide bonds. The average Bonchev–Trinajstić information content (AvgIpc) is 2.63. The van der Waals surface area contributed by atoms with Gasteiger partial charge in [0, 0.05) is 38.2 Å². The maximum Gasteiger partial charge on any atom is 0.329 e. The van der Waals surface area contributed by atoms with Gasteiger partial charge in [-0.25, -0.2) is 14.8 Å². The molecule has 1 saturated carbocycles. The van der Waals surface area contributed by atoms with Crippen molar-refractivity contribution in [2.75, 3.05) is 24.6 Å². The highest BCUT2D eigenvalue weighted by Gasteiger charge is 2.23. The fraction of sp³-hybridized carbons (Fsp3) is 0.579. The van der Waals surface area contributed by atoms with Crippen LogP contribution >= 0.6 is 0 Å². The number of hydrogen-bond acceptors (Lipinski definition) is 6. The first-order valence-corrected chi connectivity index (χ1v) is 9.60. The Morgan fingerprint density at radius 2 is 1.93 bits per heavy atom. The molecule has 1 aliphatic carbocycles. The normalized spacial score (nSPS) is 18.3. The van der Waals surface area contributed by atoms with E-state index in [1.165, 1.54) is 32.4 Å². The Kier molecular flexibility index (Phi) is 4.96. The summed E-state index contributed by atoms with van der Waals surface area (Å²) in [5.41, 5.74) is 0.426. The summed E-state index contributed by atoms with van der Waals surface area (Å²) in [7, 11) is 1.47. The lowest BCUT2D eigenvalue weighted by molar-refractivity contribution is 0.215. The standard InChI is InChI=1S/C19H25N5O3/c1-23-18(25)10-16(22-19(23)26)24-7-5-13(6-8-24)11-27-17-9-15(20-12-21-17)14-3-2-4-14/h9-10,12-14H,2-8,11H2,1H3,(H,22,26). The molecule has 27 heavy (non-hydrogen) atoms. The number of ether oxygens (including phenoxy) is 1. The van der Waals surface area contributed by atoms with Crippen LogP contribution in [0, 0.1) is 5.92 Å². The Morgan fingerprint density at radius 3 is 2.59 bits per heavy atom. The van der Waals surface area contributed by atoms with E-state index in [9.17, 15) is 9.59 Å². The lowest BCUT2D eigenvalue weighted by Gasteiger charge is -2.32. The van der Waals surface area contributed by atoms with E-state index >= 15 is 0 Å². The van der Waals surface area contributed by atoms with E-state index in [-0.39, 0.29) is 11.2 Å². The monoisotopic (exact) mass is 371 g/mol. The number of anilines is 1. The van der Waals surface area contributed by atoms with E-state index in [4.69, 9.17) is 4.74 Å². The molecule has 0 spiro atoms. The molecule has 0 aromatic carbocycles. The third-order valence-electron chi connectivity index (χ3n) is 5.74. The summed E-state index contributed by atoms with van der Waals surface area (Å²) in [6.07, 6.45) is 7.18. The largest absolute Gasteiger partial charge is 0.477 e. The number of piperidine rings is 1. The molecule has 0 atom stereocenters. The van der Waals surface area contributed by atoms with Crippen molar-refractivity contribution in [2.45, 2.75) is 38.0 Å². The van der Waals surface area contributed by atoms with E-state index < -0.39 is 0 Å². The molecular weight excluding hydrogens is 346 g/mol. The minimum absolute atomic E-state index is 0.287. The number of aromatic nitrogens is 4. The van der Waals surface area contributed by atoms with Crippen LogP contribution in [-0.4, -0.2) is 39.2 Å². The minimum atomic E-state index is -0.381. The lowest BCUT2D eigenvalue weighted by atomic mass is 9.83. The maximum absolute atomic E-state index is 11.8. The van der Waals surface area contributed by atoms with E-state index in [1.54, 1.807) is 6.33 Å². The summed E-state index contributed by atoms with van der Waals surface area (Å²) in [6, 6.07) is 3.46. The number of hydrogen-bond donors (Lipinski definition) is 1. The van der Waals surface area contributed by atoms with Gasteiger partial charge in [-0.15, -0.1) is 0 Å². The summed E-state index contributed by atoms with van der Waals surface area (Å²) in [5, 5.41) is 0. The van der Waals surface area contributed by atoms with Crippen molar-refractivity contribution in [2.24, 2.45) is 13.0 Å². The Balaban J connectivity index is 1.31. The van der Waals surface area contributed by atoms with Gasteiger partial charge in [-0.3, -0.25) is 14.3 Å². The summed E-state index contributed by atoms with van der Waals surface area (Å²) in [6.45, 7) is 2.20. The van der Waals surface area contributed by atoms with Crippen LogP contribution in [0.15, 0.2) is 28.0 Å². The van der Waals surface area contributed by atoms with Crippen LogP contribution < -0.4 is 20.9 Å². The maximum atomic E-state index is 11.8. The summed E-state index contributed by atoms with van der Waals surface area (Å²) < 4.78 is 6.99. The summed E-state index contributed by atoms with van der Waals surface area (Å²) in [5.74, 6) is 2.26. The van der Waals surface area contributed by atoms with E-state index in [0.29, 0.717) is 30.1 Å². The van der Waals surface area contributed by atoms with Crippen molar-refractivity contribution < 1.29 is 4.74 Å². The predicted octanol–water partition coefficient (Wildman–Crippen LogP) is 1.43. The van der Waals surface area contributed by atoms with Crippen LogP contribution in [0.5, 0.6) is 5.88 Å². The average molecular weight is 371 g/mol. The van der Waals surface area contributed by atoms with Crippen molar-refractivity contribution in [3.05, 3.63) is 45.0 Å². The highest BCUT2D eigenvalue weighted by Crippen LogP contribution is 2.35. The van der Waals surface area contributed by atoms with Crippen LogP contribution in [0.1, 0.15) is 43.7 Å². The molecule has 1 aliphatic heterocycles. The molecule has 8 heteroatoms. The Bertz CT molecular complexity index is 879. The number of H-pyrrole nitrogens is 1. The third kappa shape index (κ3) is 3.89. The molecule has 1 N–H and O–H groups in total.